The Kier molecular flexibility index (Phi) is 4.74. The molecule has 2 rings (SSSR count). The zero-order valence-electron chi connectivity index (χ0n) is 11.2. The molecule has 1 amide bonds. The number of hydrogen-bond acceptors (Lipinski definition) is 3. The van der Waals surface area contributed by atoms with E-state index >= 15 is 0 Å². The zero-order chi connectivity index (χ0) is 14.5. The van der Waals surface area contributed by atoms with Crippen molar-refractivity contribution in [1.29, 1.82) is 0 Å². The molecule has 5 heteroatoms. The van der Waals surface area contributed by atoms with E-state index in [1.807, 2.05) is 0 Å². The fourth-order valence-corrected chi connectivity index (χ4v) is 2.61. The highest BCUT2D eigenvalue weighted by Crippen LogP contribution is 2.23. The summed E-state index contributed by atoms with van der Waals surface area (Å²) in [4.78, 5) is 23.1. The van der Waals surface area contributed by atoms with Crippen LogP contribution in [0, 0.1) is 5.92 Å². The molecule has 2 unspecified atom stereocenters. The van der Waals surface area contributed by atoms with Crippen molar-refractivity contribution in [2.45, 2.75) is 31.8 Å². The summed E-state index contributed by atoms with van der Waals surface area (Å²) in [5, 5.41) is 21.6. The molecule has 0 spiro atoms. The van der Waals surface area contributed by atoms with Crippen LogP contribution in [0.1, 0.15) is 46.4 Å². The van der Waals surface area contributed by atoms with Crippen molar-refractivity contribution in [2.24, 2.45) is 5.92 Å². The van der Waals surface area contributed by atoms with Gasteiger partial charge in [0.15, 0.2) is 0 Å². The second kappa shape index (κ2) is 6.52. The quantitative estimate of drug-likeness (QED) is 0.781. The number of benzene rings is 1. The van der Waals surface area contributed by atoms with Crippen LogP contribution in [0.2, 0.25) is 0 Å². The molecule has 0 heterocycles. The first-order valence-electron chi connectivity index (χ1n) is 6.88. The topological polar surface area (TPSA) is 86.6 Å². The molecular weight excluding hydrogens is 258 g/mol. The Bertz CT molecular complexity index is 500. The van der Waals surface area contributed by atoms with E-state index < -0.39 is 11.9 Å². The fraction of sp³-hybridized carbons (Fsp3) is 0.467. The van der Waals surface area contributed by atoms with Crippen molar-refractivity contribution in [1.82, 2.24) is 5.32 Å². The summed E-state index contributed by atoms with van der Waals surface area (Å²) in [6.07, 6.45) is 3.36. The number of hydrogen-bond donors (Lipinski definition) is 3. The van der Waals surface area contributed by atoms with Gasteiger partial charge in [-0.3, -0.25) is 4.79 Å². The van der Waals surface area contributed by atoms with Gasteiger partial charge in [0.2, 0.25) is 0 Å². The van der Waals surface area contributed by atoms with Crippen molar-refractivity contribution in [3.63, 3.8) is 0 Å². The van der Waals surface area contributed by atoms with Crippen LogP contribution in [0.4, 0.5) is 0 Å². The maximum atomic E-state index is 12.1. The first kappa shape index (κ1) is 14.5. The number of aromatic carboxylic acids is 1. The van der Waals surface area contributed by atoms with E-state index in [2.05, 4.69) is 5.32 Å². The molecule has 5 nitrogen and oxygen atoms in total. The van der Waals surface area contributed by atoms with Crippen molar-refractivity contribution in [3.8, 4) is 0 Å². The molecule has 0 bridgehead atoms. The molecular formula is C15H19NO4. The molecule has 1 fully saturated rings. The summed E-state index contributed by atoms with van der Waals surface area (Å²) < 4.78 is 0. The van der Waals surface area contributed by atoms with Gasteiger partial charge < -0.3 is 15.5 Å². The van der Waals surface area contributed by atoms with Crippen molar-refractivity contribution in [2.75, 3.05) is 6.54 Å². The normalized spacial score (nSPS) is 22.2. The maximum absolute atomic E-state index is 12.1. The lowest BCUT2D eigenvalue weighted by Crippen LogP contribution is -2.37. The van der Waals surface area contributed by atoms with Crippen molar-refractivity contribution in [3.05, 3.63) is 35.4 Å². The van der Waals surface area contributed by atoms with Gasteiger partial charge in [0.25, 0.3) is 5.91 Å². The Morgan fingerprint density at radius 3 is 2.45 bits per heavy atom. The van der Waals surface area contributed by atoms with E-state index in [0.717, 1.165) is 25.7 Å². The molecule has 108 valence electrons. The fourth-order valence-electron chi connectivity index (χ4n) is 2.61. The molecule has 3 N–H and O–H groups in total. The highest BCUT2D eigenvalue weighted by Gasteiger charge is 2.24. The molecule has 1 aromatic carbocycles. The number of carboxylic acids is 1. The summed E-state index contributed by atoms with van der Waals surface area (Å²) in [7, 11) is 0. The molecule has 20 heavy (non-hydrogen) atoms. The van der Waals surface area contributed by atoms with E-state index in [1.54, 1.807) is 12.1 Å². The minimum atomic E-state index is -1.12. The molecule has 1 aliphatic rings. The number of amides is 1. The van der Waals surface area contributed by atoms with Crippen LogP contribution < -0.4 is 5.32 Å². The average molecular weight is 277 g/mol. The molecule has 0 aromatic heterocycles. The number of carbonyl (C=O) groups excluding carboxylic acids is 1. The van der Waals surface area contributed by atoms with E-state index in [4.69, 9.17) is 5.11 Å². The van der Waals surface area contributed by atoms with Crippen LogP contribution in [0.25, 0.3) is 0 Å². The predicted molar refractivity (Wildman–Crippen MR) is 73.7 cm³/mol. The van der Waals surface area contributed by atoms with Gasteiger partial charge in [0.05, 0.1) is 17.2 Å². The smallest absolute Gasteiger partial charge is 0.336 e. The lowest BCUT2D eigenvalue weighted by atomic mass is 9.86. The number of nitrogens with one attached hydrogen (secondary N) is 1. The predicted octanol–water partition coefficient (Wildman–Crippen LogP) is 1.67. The number of aliphatic hydroxyl groups is 1. The van der Waals surface area contributed by atoms with Gasteiger partial charge in [-0.15, -0.1) is 0 Å². The number of carbonyl (C=O) groups is 2. The van der Waals surface area contributed by atoms with Crippen LogP contribution >= 0.6 is 0 Å². The third-order valence-electron chi connectivity index (χ3n) is 3.80. The van der Waals surface area contributed by atoms with Gasteiger partial charge in [-0.25, -0.2) is 4.79 Å². The number of aliphatic hydroxyl groups excluding tert-OH is 1. The summed E-state index contributed by atoms with van der Waals surface area (Å²) in [5.74, 6) is -1.46. The maximum Gasteiger partial charge on any atom is 0.336 e. The summed E-state index contributed by atoms with van der Waals surface area (Å²) >= 11 is 0. The van der Waals surface area contributed by atoms with Crippen LogP contribution in [0.15, 0.2) is 24.3 Å². The first-order chi connectivity index (χ1) is 9.59. The van der Waals surface area contributed by atoms with Crippen molar-refractivity contribution < 1.29 is 19.8 Å². The van der Waals surface area contributed by atoms with Gasteiger partial charge in [-0.05, 0) is 25.0 Å². The van der Waals surface area contributed by atoms with Gasteiger partial charge in [-0.1, -0.05) is 25.0 Å². The lowest BCUT2D eigenvalue weighted by molar-refractivity contribution is 0.0650. The SMILES string of the molecule is O=C(O)c1ccccc1C(=O)NCC1CCCCC1O. The van der Waals surface area contributed by atoms with Crippen molar-refractivity contribution >= 4 is 11.9 Å². The molecule has 1 saturated carbocycles. The minimum Gasteiger partial charge on any atom is -0.478 e. The monoisotopic (exact) mass is 277 g/mol. The average Bonchev–Trinajstić information content (AvgIpc) is 2.46. The standard InChI is InChI=1S/C15H19NO4/c17-13-8-4-1-5-10(13)9-16-14(18)11-6-2-3-7-12(11)15(19)20/h2-3,6-7,10,13,17H,1,4-5,8-9H2,(H,16,18)(H,19,20). The molecule has 0 saturated heterocycles. The number of rotatable bonds is 4. The summed E-state index contributed by atoms with van der Waals surface area (Å²) in [6.45, 7) is 0.383. The summed E-state index contributed by atoms with van der Waals surface area (Å²) in [5.41, 5.74) is 0.152. The van der Waals surface area contributed by atoms with Crippen LogP contribution in [-0.4, -0.2) is 34.7 Å². The van der Waals surface area contributed by atoms with Gasteiger partial charge in [0.1, 0.15) is 0 Å². The molecule has 0 radical (unpaired) electrons. The second-order valence-corrected chi connectivity index (χ2v) is 5.17. The van der Waals surface area contributed by atoms with Crippen LogP contribution in [0.3, 0.4) is 0 Å². The molecule has 2 atom stereocenters. The van der Waals surface area contributed by atoms with Crippen LogP contribution in [-0.2, 0) is 0 Å². The summed E-state index contributed by atoms with van der Waals surface area (Å²) in [6, 6.07) is 6.13. The second-order valence-electron chi connectivity index (χ2n) is 5.17. The molecule has 1 aromatic rings. The van der Waals surface area contributed by atoms with Crippen LogP contribution in [0.5, 0.6) is 0 Å². The highest BCUT2D eigenvalue weighted by atomic mass is 16.4. The Morgan fingerprint density at radius 1 is 1.15 bits per heavy atom. The third-order valence-corrected chi connectivity index (χ3v) is 3.80. The third kappa shape index (κ3) is 3.36. The first-order valence-corrected chi connectivity index (χ1v) is 6.88. The molecule has 0 aliphatic heterocycles. The minimum absolute atomic E-state index is 0.00538. The van der Waals surface area contributed by atoms with Gasteiger partial charge in [-0.2, -0.15) is 0 Å². The van der Waals surface area contributed by atoms with Gasteiger partial charge in [0, 0.05) is 12.5 Å². The van der Waals surface area contributed by atoms with E-state index in [-0.39, 0.29) is 23.1 Å². The Hall–Kier alpha value is -1.88. The highest BCUT2D eigenvalue weighted by molar-refractivity contribution is 6.04. The van der Waals surface area contributed by atoms with E-state index in [1.165, 1.54) is 12.1 Å². The Balaban J connectivity index is 2.00. The van der Waals surface area contributed by atoms with Gasteiger partial charge >= 0.3 is 5.97 Å². The van der Waals surface area contributed by atoms with E-state index in [9.17, 15) is 14.7 Å². The largest absolute Gasteiger partial charge is 0.478 e. The molecule has 1 aliphatic carbocycles. The Labute approximate surface area is 117 Å². The Morgan fingerprint density at radius 2 is 1.80 bits per heavy atom. The van der Waals surface area contributed by atoms with E-state index in [0.29, 0.717) is 6.54 Å². The lowest BCUT2D eigenvalue weighted by Gasteiger charge is -2.27. The number of carboxylic acid groups (broad SMARTS) is 1. The zero-order valence-corrected chi connectivity index (χ0v) is 11.2.